The monoisotopic (exact) mass is 306 g/mol. The third-order valence-corrected chi connectivity index (χ3v) is 3.59. The van der Waals surface area contributed by atoms with E-state index < -0.39 is 10.0 Å². The van der Waals surface area contributed by atoms with Gasteiger partial charge < -0.3 is 10.6 Å². The molecular weight excluding hydrogens is 276 g/mol. The fourth-order valence-electron chi connectivity index (χ4n) is 1.75. The van der Waals surface area contributed by atoms with E-state index >= 15 is 0 Å². The van der Waals surface area contributed by atoms with E-state index in [4.69, 9.17) is 0 Å². The first-order valence-electron chi connectivity index (χ1n) is 7.31. The highest BCUT2D eigenvalue weighted by Crippen LogP contribution is 2.02. The molecule has 120 valence electrons. The molecule has 0 spiro atoms. The predicted molar refractivity (Wildman–Crippen MR) is 85.6 cm³/mol. The summed E-state index contributed by atoms with van der Waals surface area (Å²) in [6, 6.07) is 0.391. The second kappa shape index (κ2) is 10.9. The minimum absolute atomic E-state index is 0.391. The van der Waals surface area contributed by atoms with Crippen LogP contribution in [0.15, 0.2) is 4.99 Å². The molecule has 0 heterocycles. The summed E-state index contributed by atoms with van der Waals surface area (Å²) in [5.74, 6) is 0.772. The van der Waals surface area contributed by atoms with Crippen molar-refractivity contribution in [2.45, 2.75) is 52.0 Å². The number of rotatable bonds is 10. The van der Waals surface area contributed by atoms with Gasteiger partial charge in [-0.25, -0.2) is 13.1 Å². The first-order valence-corrected chi connectivity index (χ1v) is 9.20. The lowest BCUT2D eigenvalue weighted by Gasteiger charge is -2.17. The zero-order valence-corrected chi connectivity index (χ0v) is 14.0. The molecule has 0 aliphatic carbocycles. The van der Waals surface area contributed by atoms with Gasteiger partial charge in [0.25, 0.3) is 0 Å². The van der Waals surface area contributed by atoms with E-state index in [9.17, 15) is 8.42 Å². The summed E-state index contributed by atoms with van der Waals surface area (Å²) >= 11 is 0. The molecule has 0 aromatic heterocycles. The van der Waals surface area contributed by atoms with Crippen molar-refractivity contribution >= 4 is 16.0 Å². The van der Waals surface area contributed by atoms with Gasteiger partial charge in [0, 0.05) is 26.2 Å². The minimum atomic E-state index is -3.09. The second-order valence-electron chi connectivity index (χ2n) is 5.06. The van der Waals surface area contributed by atoms with E-state index in [-0.39, 0.29) is 0 Å². The number of guanidine groups is 1. The highest BCUT2D eigenvalue weighted by Gasteiger charge is 2.04. The molecule has 6 nitrogen and oxygen atoms in total. The molecular formula is C13H30N4O2S. The third-order valence-electron chi connectivity index (χ3n) is 2.86. The molecule has 0 aliphatic rings. The van der Waals surface area contributed by atoms with E-state index in [0.29, 0.717) is 19.1 Å². The lowest BCUT2D eigenvalue weighted by Crippen LogP contribution is -2.43. The van der Waals surface area contributed by atoms with Crippen molar-refractivity contribution in [1.29, 1.82) is 0 Å². The summed E-state index contributed by atoms with van der Waals surface area (Å²) in [5, 5.41) is 6.51. The maximum atomic E-state index is 10.9. The molecule has 3 N–H and O–H groups in total. The molecule has 0 aromatic carbocycles. The molecule has 1 atom stereocenters. The molecule has 0 aromatic rings. The molecule has 20 heavy (non-hydrogen) atoms. The molecule has 0 bridgehead atoms. The number of nitrogens with zero attached hydrogens (tertiary/aromatic N) is 1. The maximum absolute atomic E-state index is 10.9. The molecule has 0 saturated carbocycles. The van der Waals surface area contributed by atoms with Gasteiger partial charge in [0.2, 0.25) is 10.0 Å². The average molecular weight is 306 g/mol. The van der Waals surface area contributed by atoms with Crippen molar-refractivity contribution < 1.29 is 8.42 Å². The van der Waals surface area contributed by atoms with E-state index in [0.717, 1.165) is 18.8 Å². The Hall–Kier alpha value is -0.820. The van der Waals surface area contributed by atoms with Crippen LogP contribution >= 0.6 is 0 Å². The Bertz CT molecular complexity index is 369. The third kappa shape index (κ3) is 12.2. The van der Waals surface area contributed by atoms with Crippen molar-refractivity contribution in [2.24, 2.45) is 4.99 Å². The number of aliphatic imine (C=N–C) groups is 1. The lowest BCUT2D eigenvalue weighted by molar-refractivity contribution is 0.545. The van der Waals surface area contributed by atoms with E-state index in [1.165, 1.54) is 25.5 Å². The van der Waals surface area contributed by atoms with Gasteiger partial charge in [0.15, 0.2) is 5.96 Å². The van der Waals surface area contributed by atoms with Crippen LogP contribution in [0.25, 0.3) is 0 Å². The molecule has 0 saturated heterocycles. The SMILES string of the molecule is CCCCCC(C)NC(=NC)NCCCNS(C)(=O)=O. The van der Waals surface area contributed by atoms with Gasteiger partial charge in [0.05, 0.1) is 6.26 Å². The van der Waals surface area contributed by atoms with Gasteiger partial charge in [0.1, 0.15) is 0 Å². The first kappa shape index (κ1) is 19.2. The standard InChI is InChI=1S/C13H30N4O2S/c1-5-6-7-9-12(2)17-13(14-3)15-10-8-11-16-20(4,18)19/h12,16H,5-11H2,1-4H3,(H2,14,15,17). The largest absolute Gasteiger partial charge is 0.356 e. The van der Waals surface area contributed by atoms with Gasteiger partial charge in [-0.3, -0.25) is 4.99 Å². The summed E-state index contributed by atoms with van der Waals surface area (Å²) in [6.07, 6.45) is 6.73. The molecule has 0 fully saturated rings. The van der Waals surface area contributed by atoms with Crippen LogP contribution in [0.4, 0.5) is 0 Å². The summed E-state index contributed by atoms with van der Waals surface area (Å²) in [5.41, 5.74) is 0. The molecule has 0 rings (SSSR count). The summed E-state index contributed by atoms with van der Waals surface area (Å²) in [7, 11) is -1.35. The second-order valence-corrected chi connectivity index (χ2v) is 6.89. The van der Waals surface area contributed by atoms with Crippen LogP contribution in [0.1, 0.15) is 46.0 Å². The van der Waals surface area contributed by atoms with Crippen molar-refractivity contribution in [3.05, 3.63) is 0 Å². The minimum Gasteiger partial charge on any atom is -0.356 e. The normalized spacial score (nSPS) is 14.1. The van der Waals surface area contributed by atoms with Crippen LogP contribution in [-0.4, -0.2) is 46.8 Å². The van der Waals surface area contributed by atoms with E-state index in [2.05, 4.69) is 34.2 Å². The van der Waals surface area contributed by atoms with E-state index in [1.807, 2.05) is 0 Å². The Labute approximate surface area is 123 Å². The number of hydrogen-bond acceptors (Lipinski definition) is 3. The summed E-state index contributed by atoms with van der Waals surface area (Å²) in [6.45, 7) is 5.47. The van der Waals surface area contributed by atoms with Crippen LogP contribution in [-0.2, 0) is 10.0 Å². The number of sulfonamides is 1. The molecule has 0 radical (unpaired) electrons. The van der Waals surface area contributed by atoms with Crippen molar-refractivity contribution in [1.82, 2.24) is 15.4 Å². The molecule has 0 aliphatic heterocycles. The topological polar surface area (TPSA) is 82.6 Å². The molecule has 0 amide bonds. The van der Waals surface area contributed by atoms with Gasteiger partial charge in [-0.2, -0.15) is 0 Å². The lowest BCUT2D eigenvalue weighted by atomic mass is 10.1. The van der Waals surface area contributed by atoms with Crippen LogP contribution < -0.4 is 15.4 Å². The highest BCUT2D eigenvalue weighted by atomic mass is 32.2. The Balaban J connectivity index is 3.77. The highest BCUT2D eigenvalue weighted by molar-refractivity contribution is 7.88. The predicted octanol–water partition coefficient (Wildman–Crippen LogP) is 1.06. The molecule has 1 unspecified atom stereocenters. The van der Waals surface area contributed by atoms with Gasteiger partial charge in [-0.15, -0.1) is 0 Å². The van der Waals surface area contributed by atoms with Gasteiger partial charge in [-0.05, 0) is 19.8 Å². The van der Waals surface area contributed by atoms with Crippen molar-refractivity contribution in [2.75, 3.05) is 26.4 Å². The number of hydrogen-bond donors (Lipinski definition) is 3. The van der Waals surface area contributed by atoms with Crippen LogP contribution in [0, 0.1) is 0 Å². The zero-order valence-electron chi connectivity index (χ0n) is 13.2. The molecule has 7 heteroatoms. The Morgan fingerprint density at radius 3 is 2.45 bits per heavy atom. The van der Waals surface area contributed by atoms with E-state index in [1.54, 1.807) is 7.05 Å². The first-order chi connectivity index (χ1) is 9.39. The van der Waals surface area contributed by atoms with Crippen LogP contribution in [0.5, 0.6) is 0 Å². The smallest absolute Gasteiger partial charge is 0.208 e. The zero-order chi connectivity index (χ0) is 15.4. The number of nitrogens with one attached hydrogen (secondary N) is 3. The van der Waals surface area contributed by atoms with Gasteiger partial charge in [-0.1, -0.05) is 26.2 Å². The fraction of sp³-hybridized carbons (Fsp3) is 0.923. The van der Waals surface area contributed by atoms with Crippen molar-refractivity contribution in [3.8, 4) is 0 Å². The van der Waals surface area contributed by atoms with Crippen LogP contribution in [0.3, 0.4) is 0 Å². The maximum Gasteiger partial charge on any atom is 0.208 e. The average Bonchev–Trinajstić information content (AvgIpc) is 2.36. The quantitative estimate of drug-likeness (QED) is 0.320. The summed E-state index contributed by atoms with van der Waals surface area (Å²) in [4.78, 5) is 4.16. The number of unbranched alkanes of at least 4 members (excludes halogenated alkanes) is 2. The van der Waals surface area contributed by atoms with Crippen LogP contribution in [0.2, 0.25) is 0 Å². The van der Waals surface area contributed by atoms with Gasteiger partial charge >= 0.3 is 0 Å². The summed E-state index contributed by atoms with van der Waals surface area (Å²) < 4.78 is 24.2. The Morgan fingerprint density at radius 1 is 1.20 bits per heavy atom. The Morgan fingerprint density at radius 2 is 1.90 bits per heavy atom. The van der Waals surface area contributed by atoms with Crippen molar-refractivity contribution in [3.63, 3.8) is 0 Å². The Kier molecular flexibility index (Phi) is 10.5. The fourth-order valence-corrected chi connectivity index (χ4v) is 2.27.